The van der Waals surface area contributed by atoms with E-state index in [1.54, 1.807) is 18.3 Å². The summed E-state index contributed by atoms with van der Waals surface area (Å²) in [6.07, 6.45) is 3.21. The van der Waals surface area contributed by atoms with E-state index >= 15 is 0 Å². The summed E-state index contributed by atoms with van der Waals surface area (Å²) in [5, 5.41) is 0. The number of benzene rings is 2. The van der Waals surface area contributed by atoms with Gasteiger partial charge in [0.25, 0.3) is 0 Å². The van der Waals surface area contributed by atoms with Crippen molar-refractivity contribution in [3.05, 3.63) is 72.9 Å². The first-order chi connectivity index (χ1) is 9.81. The highest BCUT2D eigenvalue weighted by Gasteiger charge is 2.01. The van der Waals surface area contributed by atoms with Crippen LogP contribution in [-0.4, -0.2) is 9.97 Å². The molecule has 0 saturated heterocycles. The number of halogens is 1. The van der Waals surface area contributed by atoms with Crippen molar-refractivity contribution in [2.75, 3.05) is 0 Å². The quantitative estimate of drug-likeness (QED) is 0.716. The maximum absolute atomic E-state index is 12.8. The van der Waals surface area contributed by atoms with Crippen LogP contribution in [-0.2, 0) is 0 Å². The lowest BCUT2D eigenvalue weighted by Crippen LogP contribution is -1.86. The van der Waals surface area contributed by atoms with E-state index in [1.807, 2.05) is 30.3 Å². The highest BCUT2D eigenvalue weighted by Crippen LogP contribution is 2.24. The Kier molecular flexibility index (Phi) is 3.37. The molecule has 0 bridgehead atoms. The van der Waals surface area contributed by atoms with Crippen LogP contribution in [0, 0.1) is 5.82 Å². The van der Waals surface area contributed by atoms with Crippen molar-refractivity contribution in [2.24, 2.45) is 0 Å². The van der Waals surface area contributed by atoms with Crippen molar-refractivity contribution < 1.29 is 9.13 Å². The lowest BCUT2D eigenvalue weighted by molar-refractivity contribution is 0.480. The molecule has 0 aliphatic heterocycles. The SMILES string of the molecule is Fc1ccc(Oc2ccc(-c3ccncn3)cc2)cc1. The maximum Gasteiger partial charge on any atom is 0.127 e. The molecule has 0 unspecified atom stereocenters. The molecule has 3 aromatic rings. The highest BCUT2D eigenvalue weighted by atomic mass is 19.1. The fraction of sp³-hybridized carbons (Fsp3) is 0. The van der Waals surface area contributed by atoms with Crippen LogP contribution in [0.15, 0.2) is 67.1 Å². The highest BCUT2D eigenvalue weighted by molar-refractivity contribution is 5.59. The van der Waals surface area contributed by atoms with Crippen molar-refractivity contribution >= 4 is 0 Å². The van der Waals surface area contributed by atoms with Crippen LogP contribution in [0.2, 0.25) is 0 Å². The van der Waals surface area contributed by atoms with Crippen molar-refractivity contribution in [1.29, 1.82) is 0 Å². The fourth-order valence-electron chi connectivity index (χ4n) is 1.79. The van der Waals surface area contributed by atoms with E-state index in [2.05, 4.69) is 9.97 Å². The predicted molar refractivity (Wildman–Crippen MR) is 73.9 cm³/mol. The zero-order valence-electron chi connectivity index (χ0n) is 10.5. The standard InChI is InChI=1S/C16H11FN2O/c17-13-3-7-15(8-4-13)20-14-5-1-12(2-6-14)16-9-10-18-11-19-16/h1-11H. The van der Waals surface area contributed by atoms with E-state index in [0.29, 0.717) is 11.5 Å². The molecule has 0 atom stereocenters. The number of hydrogen-bond donors (Lipinski definition) is 0. The van der Waals surface area contributed by atoms with Crippen molar-refractivity contribution in [3.63, 3.8) is 0 Å². The van der Waals surface area contributed by atoms with E-state index in [4.69, 9.17) is 4.74 Å². The minimum absolute atomic E-state index is 0.281. The molecule has 0 N–H and O–H groups in total. The third kappa shape index (κ3) is 2.80. The second kappa shape index (κ2) is 5.48. The number of rotatable bonds is 3. The van der Waals surface area contributed by atoms with Gasteiger partial charge in [-0.15, -0.1) is 0 Å². The van der Waals surface area contributed by atoms with Gasteiger partial charge in [0.15, 0.2) is 0 Å². The second-order valence-electron chi connectivity index (χ2n) is 4.17. The molecule has 1 heterocycles. The Labute approximate surface area is 115 Å². The van der Waals surface area contributed by atoms with Gasteiger partial charge in [-0.05, 0) is 54.6 Å². The van der Waals surface area contributed by atoms with Gasteiger partial charge in [-0.1, -0.05) is 0 Å². The molecule has 20 heavy (non-hydrogen) atoms. The molecule has 0 aliphatic rings. The zero-order chi connectivity index (χ0) is 13.8. The van der Waals surface area contributed by atoms with E-state index in [1.165, 1.54) is 18.5 Å². The van der Waals surface area contributed by atoms with Gasteiger partial charge >= 0.3 is 0 Å². The topological polar surface area (TPSA) is 35.0 Å². The van der Waals surface area contributed by atoms with E-state index in [9.17, 15) is 4.39 Å². The molecule has 0 spiro atoms. The molecule has 3 nitrogen and oxygen atoms in total. The predicted octanol–water partition coefficient (Wildman–Crippen LogP) is 4.08. The summed E-state index contributed by atoms with van der Waals surface area (Å²) in [7, 11) is 0. The van der Waals surface area contributed by atoms with Gasteiger partial charge < -0.3 is 4.74 Å². The Morgan fingerprint density at radius 3 is 2.05 bits per heavy atom. The van der Waals surface area contributed by atoms with Crippen LogP contribution < -0.4 is 4.74 Å². The van der Waals surface area contributed by atoms with E-state index in [-0.39, 0.29) is 5.82 Å². The monoisotopic (exact) mass is 266 g/mol. The zero-order valence-corrected chi connectivity index (χ0v) is 10.5. The van der Waals surface area contributed by atoms with Gasteiger partial charge in [0.05, 0.1) is 5.69 Å². The Morgan fingerprint density at radius 2 is 1.45 bits per heavy atom. The van der Waals surface area contributed by atoms with Crippen LogP contribution in [0.4, 0.5) is 4.39 Å². The van der Waals surface area contributed by atoms with Gasteiger partial charge in [0.1, 0.15) is 23.6 Å². The summed E-state index contributed by atoms with van der Waals surface area (Å²) in [6, 6.07) is 15.3. The van der Waals surface area contributed by atoms with Gasteiger partial charge in [0.2, 0.25) is 0 Å². The average Bonchev–Trinajstić information content (AvgIpc) is 2.51. The van der Waals surface area contributed by atoms with E-state index < -0.39 is 0 Å². The molecule has 4 heteroatoms. The normalized spacial score (nSPS) is 10.2. The Balaban J connectivity index is 1.78. The van der Waals surface area contributed by atoms with Gasteiger partial charge in [-0.25, -0.2) is 14.4 Å². The minimum atomic E-state index is -0.281. The van der Waals surface area contributed by atoms with Crippen LogP contribution in [0.1, 0.15) is 0 Å². The largest absolute Gasteiger partial charge is 0.457 e. The van der Waals surface area contributed by atoms with Crippen molar-refractivity contribution in [1.82, 2.24) is 9.97 Å². The van der Waals surface area contributed by atoms with Gasteiger partial charge in [-0.3, -0.25) is 0 Å². The van der Waals surface area contributed by atoms with Crippen LogP contribution in [0.25, 0.3) is 11.3 Å². The molecule has 0 radical (unpaired) electrons. The third-order valence-corrected chi connectivity index (χ3v) is 2.78. The Morgan fingerprint density at radius 1 is 0.800 bits per heavy atom. The first-order valence-electron chi connectivity index (χ1n) is 6.11. The molecule has 0 aliphatic carbocycles. The fourth-order valence-corrected chi connectivity index (χ4v) is 1.79. The molecule has 0 fully saturated rings. The minimum Gasteiger partial charge on any atom is -0.457 e. The summed E-state index contributed by atoms with van der Waals surface area (Å²) in [5.41, 5.74) is 1.84. The maximum atomic E-state index is 12.8. The molecule has 1 aromatic heterocycles. The lowest BCUT2D eigenvalue weighted by Gasteiger charge is -2.06. The average molecular weight is 266 g/mol. The molecule has 2 aromatic carbocycles. The van der Waals surface area contributed by atoms with Crippen molar-refractivity contribution in [3.8, 4) is 22.8 Å². The molecule has 3 rings (SSSR count). The van der Waals surface area contributed by atoms with Crippen LogP contribution in [0.3, 0.4) is 0 Å². The Hall–Kier alpha value is -2.75. The summed E-state index contributed by atoms with van der Waals surface area (Å²) in [5.74, 6) is 1.01. The molecule has 0 amide bonds. The first-order valence-corrected chi connectivity index (χ1v) is 6.11. The molecular formula is C16H11FN2O. The summed E-state index contributed by atoms with van der Waals surface area (Å²) < 4.78 is 18.4. The molecule has 98 valence electrons. The van der Waals surface area contributed by atoms with Crippen LogP contribution >= 0.6 is 0 Å². The van der Waals surface area contributed by atoms with Gasteiger partial charge in [0, 0.05) is 11.8 Å². The third-order valence-electron chi connectivity index (χ3n) is 2.78. The molecular weight excluding hydrogens is 255 g/mol. The molecule has 0 saturated carbocycles. The van der Waals surface area contributed by atoms with Crippen molar-refractivity contribution in [2.45, 2.75) is 0 Å². The number of ether oxygens (including phenoxy) is 1. The summed E-state index contributed by atoms with van der Waals surface area (Å²) in [6.45, 7) is 0. The lowest BCUT2D eigenvalue weighted by atomic mass is 10.1. The smallest absolute Gasteiger partial charge is 0.127 e. The van der Waals surface area contributed by atoms with E-state index in [0.717, 1.165) is 11.3 Å². The number of aromatic nitrogens is 2. The Bertz CT molecular complexity index is 682. The number of hydrogen-bond acceptors (Lipinski definition) is 3. The first kappa shape index (κ1) is 12.3. The van der Waals surface area contributed by atoms with Crippen LogP contribution in [0.5, 0.6) is 11.5 Å². The summed E-state index contributed by atoms with van der Waals surface area (Å²) >= 11 is 0. The van der Waals surface area contributed by atoms with Gasteiger partial charge in [-0.2, -0.15) is 0 Å². The second-order valence-corrected chi connectivity index (χ2v) is 4.17. The number of nitrogens with zero attached hydrogens (tertiary/aromatic N) is 2. The summed E-state index contributed by atoms with van der Waals surface area (Å²) in [4.78, 5) is 8.06.